The van der Waals surface area contributed by atoms with Crippen LogP contribution in [-0.2, 0) is 0 Å². The number of hydrogen-bond donors (Lipinski definition) is 1. The zero-order valence-electron chi connectivity index (χ0n) is 11.4. The minimum Gasteiger partial charge on any atom is -0.383 e. The van der Waals surface area contributed by atoms with Crippen molar-refractivity contribution < 1.29 is 4.79 Å². The lowest BCUT2D eigenvalue weighted by atomic mass is 10.1. The maximum absolute atomic E-state index is 12.1. The molecule has 1 aromatic heterocycles. The summed E-state index contributed by atoms with van der Waals surface area (Å²) in [4.78, 5) is 22.2. The van der Waals surface area contributed by atoms with Crippen LogP contribution < -0.4 is 5.73 Å². The molecule has 0 aliphatic heterocycles. The molecule has 5 heteroatoms. The van der Waals surface area contributed by atoms with E-state index in [4.69, 9.17) is 5.73 Å². The van der Waals surface area contributed by atoms with Gasteiger partial charge in [-0.05, 0) is 0 Å². The van der Waals surface area contributed by atoms with E-state index in [0.717, 1.165) is 5.56 Å². The monoisotopic (exact) mass is 268 g/mol. The number of carbonyl (C=O) groups is 1. The molecule has 0 radical (unpaired) electrons. The zero-order valence-corrected chi connectivity index (χ0v) is 11.4. The van der Waals surface area contributed by atoms with Crippen molar-refractivity contribution in [3.8, 4) is 11.3 Å². The Morgan fingerprint density at radius 3 is 2.60 bits per heavy atom. The Morgan fingerprint density at radius 2 is 1.95 bits per heavy atom. The lowest BCUT2D eigenvalue weighted by molar-refractivity contribution is 0.104. The molecule has 102 valence electrons. The number of rotatable bonds is 4. The van der Waals surface area contributed by atoms with Crippen LogP contribution in [0.3, 0.4) is 0 Å². The Bertz CT molecular complexity index is 636. The van der Waals surface area contributed by atoms with Crippen molar-refractivity contribution in [2.24, 2.45) is 0 Å². The number of hydrogen-bond acceptors (Lipinski definition) is 5. The maximum Gasteiger partial charge on any atom is 0.209 e. The van der Waals surface area contributed by atoms with Crippen LogP contribution in [0.1, 0.15) is 10.5 Å². The number of allylic oxidation sites excluding steroid dienone is 1. The second-order valence-electron chi connectivity index (χ2n) is 4.50. The summed E-state index contributed by atoms with van der Waals surface area (Å²) in [6, 6.07) is 9.54. The van der Waals surface area contributed by atoms with Gasteiger partial charge in [0.2, 0.25) is 5.78 Å². The fourth-order valence-corrected chi connectivity index (χ4v) is 1.62. The van der Waals surface area contributed by atoms with Gasteiger partial charge in [-0.15, -0.1) is 0 Å². The number of carbonyl (C=O) groups excluding carboxylic acids is 1. The number of nitrogens with zero attached hydrogens (tertiary/aromatic N) is 3. The molecule has 2 rings (SSSR count). The van der Waals surface area contributed by atoms with Crippen LogP contribution in [0.25, 0.3) is 11.3 Å². The average molecular weight is 268 g/mol. The quantitative estimate of drug-likeness (QED) is 0.678. The van der Waals surface area contributed by atoms with Gasteiger partial charge in [-0.25, -0.2) is 9.97 Å². The number of ketones is 1. The highest BCUT2D eigenvalue weighted by Gasteiger charge is 2.12. The van der Waals surface area contributed by atoms with Crippen molar-refractivity contribution in [1.29, 1.82) is 0 Å². The van der Waals surface area contributed by atoms with E-state index >= 15 is 0 Å². The van der Waals surface area contributed by atoms with Crippen LogP contribution in [0.15, 0.2) is 48.8 Å². The summed E-state index contributed by atoms with van der Waals surface area (Å²) in [5.41, 5.74) is 7.42. The number of nitrogens with two attached hydrogens (primary N) is 1. The van der Waals surface area contributed by atoms with E-state index in [1.165, 1.54) is 6.08 Å². The van der Waals surface area contributed by atoms with E-state index in [-0.39, 0.29) is 17.3 Å². The van der Waals surface area contributed by atoms with E-state index in [1.807, 2.05) is 44.4 Å². The van der Waals surface area contributed by atoms with Gasteiger partial charge in [0.1, 0.15) is 0 Å². The molecule has 0 atom stereocenters. The summed E-state index contributed by atoms with van der Waals surface area (Å²) < 4.78 is 0. The summed E-state index contributed by atoms with van der Waals surface area (Å²) in [5, 5.41) is 0. The molecule has 0 spiro atoms. The topological polar surface area (TPSA) is 72.1 Å². The molecule has 0 saturated carbocycles. The van der Waals surface area contributed by atoms with Crippen LogP contribution in [0.2, 0.25) is 0 Å². The van der Waals surface area contributed by atoms with Crippen LogP contribution in [0.4, 0.5) is 5.82 Å². The summed E-state index contributed by atoms with van der Waals surface area (Å²) in [7, 11) is 3.67. The molecule has 0 aliphatic rings. The van der Waals surface area contributed by atoms with Crippen LogP contribution in [0.5, 0.6) is 0 Å². The maximum atomic E-state index is 12.1. The third-order valence-corrected chi connectivity index (χ3v) is 2.63. The van der Waals surface area contributed by atoms with E-state index in [0.29, 0.717) is 5.69 Å². The second kappa shape index (κ2) is 5.97. The smallest absolute Gasteiger partial charge is 0.209 e. The van der Waals surface area contributed by atoms with Gasteiger partial charge in [-0.3, -0.25) is 4.79 Å². The first kappa shape index (κ1) is 13.7. The van der Waals surface area contributed by atoms with Gasteiger partial charge in [-0.2, -0.15) is 0 Å². The summed E-state index contributed by atoms with van der Waals surface area (Å²) in [6.07, 6.45) is 4.64. The Labute approximate surface area is 117 Å². The number of nitrogen functional groups attached to an aromatic ring is 1. The molecule has 0 aliphatic carbocycles. The lowest BCUT2D eigenvalue weighted by Crippen LogP contribution is -2.09. The van der Waals surface area contributed by atoms with E-state index in [2.05, 4.69) is 9.97 Å². The summed E-state index contributed by atoms with van der Waals surface area (Å²) in [5.74, 6) is -0.125. The normalized spacial score (nSPS) is 10.7. The molecule has 2 N–H and O–H groups in total. The van der Waals surface area contributed by atoms with E-state index in [9.17, 15) is 4.79 Å². The average Bonchev–Trinajstić information content (AvgIpc) is 2.46. The SMILES string of the molecule is CN(C)/C=C/C(=O)c1nc(-c2ccccc2)cnc1N. The van der Waals surface area contributed by atoms with Gasteiger partial charge in [0, 0.05) is 31.9 Å². The summed E-state index contributed by atoms with van der Waals surface area (Å²) >= 11 is 0. The highest BCUT2D eigenvalue weighted by Crippen LogP contribution is 2.18. The molecule has 0 fully saturated rings. The lowest BCUT2D eigenvalue weighted by Gasteiger charge is -2.06. The molecule has 0 amide bonds. The second-order valence-corrected chi connectivity index (χ2v) is 4.50. The molecular weight excluding hydrogens is 252 g/mol. The van der Waals surface area contributed by atoms with Gasteiger partial charge in [0.25, 0.3) is 0 Å². The van der Waals surface area contributed by atoms with Crippen molar-refractivity contribution in [2.45, 2.75) is 0 Å². The van der Waals surface area contributed by atoms with Gasteiger partial charge >= 0.3 is 0 Å². The minimum atomic E-state index is -0.263. The molecule has 1 aromatic carbocycles. The minimum absolute atomic E-state index is 0.137. The molecule has 20 heavy (non-hydrogen) atoms. The van der Waals surface area contributed by atoms with Gasteiger partial charge in [0.15, 0.2) is 11.5 Å². The largest absolute Gasteiger partial charge is 0.383 e. The highest BCUT2D eigenvalue weighted by atomic mass is 16.1. The van der Waals surface area contributed by atoms with Gasteiger partial charge < -0.3 is 10.6 Å². The fraction of sp³-hybridized carbons (Fsp3) is 0.133. The van der Waals surface area contributed by atoms with Crippen LogP contribution >= 0.6 is 0 Å². The number of benzene rings is 1. The molecule has 0 unspecified atom stereocenters. The Morgan fingerprint density at radius 1 is 1.25 bits per heavy atom. The van der Waals surface area contributed by atoms with Crippen molar-refractivity contribution in [3.63, 3.8) is 0 Å². The van der Waals surface area contributed by atoms with Gasteiger partial charge in [0.05, 0.1) is 11.9 Å². The predicted molar refractivity (Wildman–Crippen MR) is 79.0 cm³/mol. The first-order valence-corrected chi connectivity index (χ1v) is 6.15. The van der Waals surface area contributed by atoms with Gasteiger partial charge in [-0.1, -0.05) is 30.3 Å². The standard InChI is InChI=1S/C15H16N4O/c1-19(2)9-8-13(20)14-15(16)17-10-12(18-14)11-6-4-3-5-7-11/h3-10H,1-2H3,(H2,16,17)/b9-8+. The highest BCUT2D eigenvalue weighted by molar-refractivity contribution is 6.06. The number of aromatic nitrogens is 2. The molecule has 0 bridgehead atoms. The Balaban J connectivity index is 2.37. The predicted octanol–water partition coefficient (Wildman–Crippen LogP) is 1.98. The van der Waals surface area contributed by atoms with E-state index < -0.39 is 0 Å². The number of anilines is 1. The molecular formula is C15H16N4O. The third kappa shape index (κ3) is 3.20. The van der Waals surface area contributed by atoms with Crippen LogP contribution in [-0.4, -0.2) is 34.7 Å². The van der Waals surface area contributed by atoms with Crippen molar-refractivity contribution >= 4 is 11.6 Å². The molecule has 0 saturated heterocycles. The molecule has 2 aromatic rings. The first-order valence-electron chi connectivity index (χ1n) is 6.15. The molecule has 5 nitrogen and oxygen atoms in total. The summed E-state index contributed by atoms with van der Waals surface area (Å²) in [6.45, 7) is 0. The Hall–Kier alpha value is -2.69. The van der Waals surface area contributed by atoms with Crippen molar-refractivity contribution in [1.82, 2.24) is 14.9 Å². The third-order valence-electron chi connectivity index (χ3n) is 2.63. The zero-order chi connectivity index (χ0) is 14.5. The molecule has 1 heterocycles. The van der Waals surface area contributed by atoms with Crippen molar-refractivity contribution in [2.75, 3.05) is 19.8 Å². The Kier molecular flexibility index (Phi) is 4.10. The van der Waals surface area contributed by atoms with Crippen molar-refractivity contribution in [3.05, 3.63) is 54.5 Å². The fourth-order valence-electron chi connectivity index (χ4n) is 1.62. The first-order chi connectivity index (χ1) is 9.58. The van der Waals surface area contributed by atoms with Crippen LogP contribution in [0, 0.1) is 0 Å². The van der Waals surface area contributed by atoms with E-state index in [1.54, 1.807) is 17.3 Å².